The average molecular weight is 268 g/mol. The summed E-state index contributed by atoms with van der Waals surface area (Å²) in [5, 5.41) is 9.34. The Labute approximate surface area is 114 Å². The highest BCUT2D eigenvalue weighted by Crippen LogP contribution is 2.34. The van der Waals surface area contributed by atoms with E-state index in [1.807, 2.05) is 0 Å². The molecule has 108 valence electrons. The number of aliphatic carboxylic acids is 1. The number of carboxylic acids is 1. The summed E-state index contributed by atoms with van der Waals surface area (Å²) < 4.78 is 5.45. The second-order valence-corrected chi connectivity index (χ2v) is 6.09. The first kappa shape index (κ1) is 13.3. The molecule has 0 amide bonds. The van der Waals surface area contributed by atoms with E-state index in [9.17, 15) is 9.90 Å². The van der Waals surface area contributed by atoms with Crippen LogP contribution in [-0.4, -0.2) is 72.4 Å². The van der Waals surface area contributed by atoms with Crippen molar-refractivity contribution in [3.05, 3.63) is 0 Å². The third-order valence-electron chi connectivity index (χ3n) is 5.21. The number of nitrogens with zero attached hydrogens (tertiary/aromatic N) is 2. The van der Waals surface area contributed by atoms with Gasteiger partial charge in [0.25, 0.3) is 0 Å². The van der Waals surface area contributed by atoms with Crippen molar-refractivity contribution < 1.29 is 14.6 Å². The minimum absolute atomic E-state index is 0.0630. The fourth-order valence-corrected chi connectivity index (χ4v) is 4.13. The van der Waals surface area contributed by atoms with Gasteiger partial charge in [-0.25, -0.2) is 0 Å². The molecule has 0 aromatic rings. The third-order valence-corrected chi connectivity index (χ3v) is 5.21. The molecule has 0 aromatic carbocycles. The van der Waals surface area contributed by atoms with E-state index in [1.165, 1.54) is 25.9 Å². The number of rotatable bonds is 4. The zero-order chi connectivity index (χ0) is 13.4. The Morgan fingerprint density at radius 3 is 2.58 bits per heavy atom. The van der Waals surface area contributed by atoms with E-state index in [2.05, 4.69) is 16.7 Å². The number of ether oxygens (including phenoxy) is 1. The van der Waals surface area contributed by atoms with Gasteiger partial charge in [-0.15, -0.1) is 0 Å². The van der Waals surface area contributed by atoms with Crippen LogP contribution in [-0.2, 0) is 9.53 Å². The van der Waals surface area contributed by atoms with Crippen LogP contribution in [0.5, 0.6) is 0 Å². The normalized spacial score (nSPS) is 41.9. The van der Waals surface area contributed by atoms with Crippen molar-refractivity contribution in [1.29, 1.82) is 0 Å². The molecule has 2 bridgehead atoms. The molecule has 4 fully saturated rings. The Morgan fingerprint density at radius 2 is 2.05 bits per heavy atom. The van der Waals surface area contributed by atoms with Crippen LogP contribution in [0.4, 0.5) is 0 Å². The van der Waals surface area contributed by atoms with Crippen molar-refractivity contribution in [1.82, 2.24) is 9.80 Å². The summed E-state index contributed by atoms with van der Waals surface area (Å²) in [6.45, 7) is 7.58. The van der Waals surface area contributed by atoms with Gasteiger partial charge < -0.3 is 14.7 Å². The number of hydrogen-bond donors (Lipinski definition) is 1. The molecule has 3 unspecified atom stereocenters. The molecule has 0 aromatic heterocycles. The van der Waals surface area contributed by atoms with E-state index in [0.29, 0.717) is 19.3 Å². The summed E-state index contributed by atoms with van der Waals surface area (Å²) in [7, 11) is 0. The molecule has 0 saturated carbocycles. The fourth-order valence-electron chi connectivity index (χ4n) is 4.13. The predicted molar refractivity (Wildman–Crippen MR) is 71.1 cm³/mol. The maximum absolute atomic E-state index is 11.4. The van der Waals surface area contributed by atoms with E-state index in [1.54, 1.807) is 0 Å². The molecule has 0 aliphatic carbocycles. The maximum Gasteiger partial charge on any atom is 0.310 e. The summed E-state index contributed by atoms with van der Waals surface area (Å²) in [5.74, 6) is -0.308. The van der Waals surface area contributed by atoms with Crippen LogP contribution in [0.1, 0.15) is 19.8 Å². The fraction of sp³-hybridized carbons (Fsp3) is 0.929. The highest BCUT2D eigenvalue weighted by atomic mass is 16.5. The van der Waals surface area contributed by atoms with Crippen LogP contribution in [0.25, 0.3) is 0 Å². The van der Waals surface area contributed by atoms with Gasteiger partial charge in [-0.1, -0.05) is 6.92 Å². The van der Waals surface area contributed by atoms with E-state index in [4.69, 9.17) is 4.74 Å². The Balaban J connectivity index is 1.75. The van der Waals surface area contributed by atoms with Gasteiger partial charge in [0, 0.05) is 18.6 Å². The van der Waals surface area contributed by atoms with Crippen LogP contribution >= 0.6 is 0 Å². The molecule has 4 heterocycles. The first-order valence-electron chi connectivity index (χ1n) is 7.49. The van der Waals surface area contributed by atoms with Crippen molar-refractivity contribution in [2.45, 2.75) is 31.8 Å². The van der Waals surface area contributed by atoms with Crippen LogP contribution in [0.2, 0.25) is 0 Å². The Kier molecular flexibility index (Phi) is 3.78. The molecule has 19 heavy (non-hydrogen) atoms. The molecule has 0 radical (unpaired) electrons. The molecule has 4 saturated heterocycles. The van der Waals surface area contributed by atoms with Crippen molar-refractivity contribution >= 4 is 5.97 Å². The lowest BCUT2D eigenvalue weighted by Crippen LogP contribution is -2.61. The highest BCUT2D eigenvalue weighted by molar-refractivity contribution is 5.71. The molecule has 4 aliphatic heterocycles. The quantitative estimate of drug-likeness (QED) is 0.805. The number of carboxylic acid groups (broad SMARTS) is 1. The van der Waals surface area contributed by atoms with Crippen LogP contribution in [0.3, 0.4) is 0 Å². The lowest BCUT2D eigenvalue weighted by molar-refractivity contribution is -0.144. The van der Waals surface area contributed by atoms with E-state index < -0.39 is 5.97 Å². The van der Waals surface area contributed by atoms with Gasteiger partial charge in [-0.2, -0.15) is 0 Å². The highest BCUT2D eigenvalue weighted by Gasteiger charge is 2.44. The molecular formula is C14H24N2O3. The second kappa shape index (κ2) is 5.38. The Hall–Kier alpha value is -0.650. The van der Waals surface area contributed by atoms with Gasteiger partial charge >= 0.3 is 5.97 Å². The Bertz CT molecular complexity index is 342. The van der Waals surface area contributed by atoms with Crippen molar-refractivity contribution in [3.63, 3.8) is 0 Å². The van der Waals surface area contributed by atoms with Crippen molar-refractivity contribution in [2.75, 3.05) is 39.4 Å². The molecule has 5 nitrogen and oxygen atoms in total. The summed E-state index contributed by atoms with van der Waals surface area (Å²) in [5.41, 5.74) is 0. The first-order valence-corrected chi connectivity index (χ1v) is 7.49. The lowest BCUT2D eigenvalue weighted by Gasteiger charge is -2.50. The van der Waals surface area contributed by atoms with Gasteiger partial charge in [0.1, 0.15) is 0 Å². The summed E-state index contributed by atoms with van der Waals surface area (Å²) in [4.78, 5) is 16.3. The first-order chi connectivity index (χ1) is 9.20. The van der Waals surface area contributed by atoms with Crippen LogP contribution in [0, 0.1) is 11.8 Å². The van der Waals surface area contributed by atoms with Crippen LogP contribution < -0.4 is 0 Å². The number of piperidine rings is 3. The zero-order valence-electron chi connectivity index (χ0n) is 11.6. The van der Waals surface area contributed by atoms with Gasteiger partial charge in [0.05, 0.1) is 19.1 Å². The average Bonchev–Trinajstić information content (AvgIpc) is 2.90. The number of carbonyl (C=O) groups is 1. The van der Waals surface area contributed by atoms with Gasteiger partial charge in [0.2, 0.25) is 0 Å². The standard InChI is InChI=1S/C14H24N2O3/c1-2-16(13-9-19-8-11(13)14(17)18)12-7-15-5-3-10(12)4-6-15/h10-13H,2-9H2,1H3,(H,17,18). The van der Waals surface area contributed by atoms with Crippen molar-refractivity contribution in [3.8, 4) is 0 Å². The van der Waals surface area contributed by atoms with Gasteiger partial charge in [0.15, 0.2) is 0 Å². The summed E-state index contributed by atoms with van der Waals surface area (Å²) in [6, 6.07) is 0.592. The third kappa shape index (κ3) is 2.39. The van der Waals surface area contributed by atoms with Crippen LogP contribution in [0.15, 0.2) is 0 Å². The molecule has 1 N–H and O–H groups in total. The van der Waals surface area contributed by atoms with E-state index in [-0.39, 0.29) is 12.0 Å². The molecule has 5 heteroatoms. The van der Waals surface area contributed by atoms with E-state index in [0.717, 1.165) is 19.0 Å². The monoisotopic (exact) mass is 268 g/mol. The van der Waals surface area contributed by atoms with Gasteiger partial charge in [-0.3, -0.25) is 9.69 Å². The number of hydrogen-bond acceptors (Lipinski definition) is 4. The maximum atomic E-state index is 11.4. The molecular weight excluding hydrogens is 244 g/mol. The number of likely N-dealkylation sites (N-methyl/N-ethyl adjacent to an activating group) is 1. The minimum Gasteiger partial charge on any atom is -0.481 e. The Morgan fingerprint density at radius 1 is 1.32 bits per heavy atom. The predicted octanol–water partition coefficient (Wildman–Crippen LogP) is 0.502. The molecule has 3 atom stereocenters. The van der Waals surface area contributed by atoms with Crippen molar-refractivity contribution in [2.24, 2.45) is 11.8 Å². The molecule has 0 spiro atoms. The van der Waals surface area contributed by atoms with Gasteiger partial charge in [-0.05, 0) is 38.4 Å². The topological polar surface area (TPSA) is 53.0 Å². The number of fused-ring (bicyclic) bond motifs is 3. The molecule has 4 aliphatic rings. The SMILES string of the molecule is CCN(C1CN2CCC1CC2)C1COCC1C(=O)O. The smallest absolute Gasteiger partial charge is 0.310 e. The van der Waals surface area contributed by atoms with E-state index >= 15 is 0 Å². The molecule has 4 rings (SSSR count). The summed E-state index contributed by atoms with van der Waals surface area (Å²) >= 11 is 0. The largest absolute Gasteiger partial charge is 0.481 e. The zero-order valence-corrected chi connectivity index (χ0v) is 11.6. The minimum atomic E-state index is -0.706. The summed E-state index contributed by atoms with van der Waals surface area (Å²) in [6.07, 6.45) is 2.54. The second-order valence-electron chi connectivity index (χ2n) is 6.09. The lowest BCUT2D eigenvalue weighted by atomic mass is 9.82.